The fourth-order valence-electron chi connectivity index (χ4n) is 5.36. The fourth-order valence-corrected chi connectivity index (χ4v) is 5.36. The van der Waals surface area contributed by atoms with Crippen LogP contribution in [0, 0.1) is 11.3 Å². The van der Waals surface area contributed by atoms with Crippen molar-refractivity contribution in [2.24, 2.45) is 17.1 Å². The third kappa shape index (κ3) is 2.33. The second-order valence-corrected chi connectivity index (χ2v) is 7.94. The molecule has 3 aliphatic carbocycles. The van der Waals surface area contributed by atoms with Crippen molar-refractivity contribution in [3.8, 4) is 0 Å². The Bertz CT molecular complexity index is 601. The molecule has 1 aromatic rings. The van der Waals surface area contributed by atoms with Crippen molar-refractivity contribution < 1.29 is 5.11 Å². The minimum absolute atomic E-state index is 0.210. The molecule has 5 atom stereocenters. The van der Waals surface area contributed by atoms with Gasteiger partial charge in [-0.3, -0.25) is 0 Å². The lowest BCUT2D eigenvalue weighted by atomic mass is 9.72. The standard InChI is InChI=1S/C20H28N2O/c1-14(7-8-15-5-3-2-4-6-15)22-17-9-12-20(21)18(23)10-11-19(20)13-16(17)19/h2-6,16-18,22-23H,1,7-13,21H2. The molecule has 4 N–H and O–H groups in total. The molecule has 3 saturated carbocycles. The van der Waals surface area contributed by atoms with E-state index in [1.807, 2.05) is 0 Å². The number of rotatable bonds is 5. The van der Waals surface area contributed by atoms with E-state index in [0.717, 1.165) is 44.2 Å². The number of benzene rings is 1. The predicted molar refractivity (Wildman–Crippen MR) is 92.8 cm³/mol. The van der Waals surface area contributed by atoms with Crippen LogP contribution < -0.4 is 11.1 Å². The van der Waals surface area contributed by atoms with Gasteiger partial charge >= 0.3 is 0 Å². The Kier molecular flexibility index (Phi) is 3.54. The quantitative estimate of drug-likeness (QED) is 0.783. The summed E-state index contributed by atoms with van der Waals surface area (Å²) < 4.78 is 0. The summed E-state index contributed by atoms with van der Waals surface area (Å²) in [6, 6.07) is 11.1. The molecule has 0 aliphatic heterocycles. The van der Waals surface area contributed by atoms with Crippen molar-refractivity contribution in [1.29, 1.82) is 0 Å². The molecule has 23 heavy (non-hydrogen) atoms. The molecular weight excluding hydrogens is 284 g/mol. The van der Waals surface area contributed by atoms with Crippen LogP contribution in [-0.4, -0.2) is 22.8 Å². The minimum atomic E-state index is -0.318. The van der Waals surface area contributed by atoms with Crippen molar-refractivity contribution in [2.45, 2.75) is 62.6 Å². The van der Waals surface area contributed by atoms with Crippen molar-refractivity contribution in [3.63, 3.8) is 0 Å². The molecule has 0 amide bonds. The van der Waals surface area contributed by atoms with E-state index in [0.29, 0.717) is 12.0 Å². The highest BCUT2D eigenvalue weighted by Crippen LogP contribution is 2.71. The largest absolute Gasteiger partial charge is 0.391 e. The summed E-state index contributed by atoms with van der Waals surface area (Å²) in [5.41, 5.74) is 9.01. The van der Waals surface area contributed by atoms with Crippen LogP contribution in [0.5, 0.6) is 0 Å². The van der Waals surface area contributed by atoms with Crippen LogP contribution in [0.3, 0.4) is 0 Å². The summed E-state index contributed by atoms with van der Waals surface area (Å²) in [6.07, 6.45) is 6.89. The molecule has 0 bridgehead atoms. The van der Waals surface area contributed by atoms with E-state index >= 15 is 0 Å². The van der Waals surface area contributed by atoms with Gasteiger partial charge < -0.3 is 16.2 Å². The molecule has 5 unspecified atom stereocenters. The topological polar surface area (TPSA) is 58.3 Å². The van der Waals surface area contributed by atoms with Gasteiger partial charge in [-0.1, -0.05) is 36.9 Å². The lowest BCUT2D eigenvalue weighted by Gasteiger charge is -2.42. The summed E-state index contributed by atoms with van der Waals surface area (Å²) in [5.74, 6) is 0.631. The van der Waals surface area contributed by atoms with Crippen molar-refractivity contribution >= 4 is 0 Å². The van der Waals surface area contributed by atoms with Crippen molar-refractivity contribution in [3.05, 3.63) is 48.2 Å². The number of hydrogen-bond acceptors (Lipinski definition) is 3. The van der Waals surface area contributed by atoms with Crippen LogP contribution in [-0.2, 0) is 6.42 Å². The fraction of sp³-hybridized carbons (Fsp3) is 0.600. The van der Waals surface area contributed by atoms with Crippen molar-refractivity contribution in [1.82, 2.24) is 5.32 Å². The van der Waals surface area contributed by atoms with Crippen LogP contribution in [0.2, 0.25) is 0 Å². The molecule has 1 spiro atoms. The summed E-state index contributed by atoms with van der Waals surface area (Å²) in [7, 11) is 0. The highest BCUT2D eigenvalue weighted by atomic mass is 16.3. The summed E-state index contributed by atoms with van der Waals surface area (Å²) in [4.78, 5) is 0. The van der Waals surface area contributed by atoms with Gasteiger partial charge in [0.15, 0.2) is 0 Å². The van der Waals surface area contributed by atoms with Crippen LogP contribution in [0.4, 0.5) is 0 Å². The third-order valence-corrected chi connectivity index (χ3v) is 6.82. The van der Waals surface area contributed by atoms with Gasteiger partial charge in [-0.25, -0.2) is 0 Å². The number of aliphatic hydroxyl groups is 1. The van der Waals surface area contributed by atoms with Gasteiger partial charge in [-0.05, 0) is 61.8 Å². The Morgan fingerprint density at radius 1 is 1.26 bits per heavy atom. The summed E-state index contributed by atoms with van der Waals surface area (Å²) in [6.45, 7) is 4.24. The Hall–Kier alpha value is -1.32. The lowest BCUT2D eigenvalue weighted by molar-refractivity contribution is 0.0529. The number of nitrogens with two attached hydrogens (primary N) is 1. The number of aryl methyl sites for hydroxylation is 1. The third-order valence-electron chi connectivity index (χ3n) is 6.82. The second-order valence-electron chi connectivity index (χ2n) is 7.94. The second kappa shape index (κ2) is 5.35. The molecule has 124 valence electrons. The first-order valence-corrected chi connectivity index (χ1v) is 9.00. The molecule has 3 aliphatic rings. The highest BCUT2D eigenvalue weighted by molar-refractivity contribution is 5.28. The monoisotopic (exact) mass is 312 g/mol. The molecule has 3 nitrogen and oxygen atoms in total. The molecule has 3 heteroatoms. The van der Waals surface area contributed by atoms with E-state index in [-0.39, 0.29) is 17.1 Å². The van der Waals surface area contributed by atoms with E-state index in [4.69, 9.17) is 5.73 Å². The molecule has 0 aromatic heterocycles. The van der Waals surface area contributed by atoms with Gasteiger partial charge in [0.25, 0.3) is 0 Å². The number of aliphatic hydroxyl groups excluding tert-OH is 1. The molecule has 1 aromatic carbocycles. The van der Waals surface area contributed by atoms with Crippen LogP contribution >= 0.6 is 0 Å². The maximum atomic E-state index is 10.3. The Labute approximate surface area is 139 Å². The summed E-state index contributed by atoms with van der Waals surface area (Å²) >= 11 is 0. The first-order chi connectivity index (χ1) is 11.1. The predicted octanol–water partition coefficient (Wildman–Crippen LogP) is 2.74. The Morgan fingerprint density at radius 2 is 2.04 bits per heavy atom. The normalized spacial score (nSPS) is 41.0. The molecule has 0 radical (unpaired) electrons. The Morgan fingerprint density at radius 3 is 2.83 bits per heavy atom. The number of hydrogen-bond donors (Lipinski definition) is 3. The van der Waals surface area contributed by atoms with E-state index in [1.165, 1.54) is 12.0 Å². The molecular formula is C20H28N2O. The zero-order valence-electron chi connectivity index (χ0n) is 13.8. The van der Waals surface area contributed by atoms with E-state index in [1.54, 1.807) is 0 Å². The van der Waals surface area contributed by atoms with E-state index in [9.17, 15) is 5.11 Å². The van der Waals surface area contributed by atoms with Gasteiger partial charge in [0, 0.05) is 17.3 Å². The summed E-state index contributed by atoms with van der Waals surface area (Å²) in [5, 5.41) is 14.0. The van der Waals surface area contributed by atoms with Gasteiger partial charge in [0.2, 0.25) is 0 Å². The van der Waals surface area contributed by atoms with E-state index < -0.39 is 0 Å². The molecule has 4 rings (SSSR count). The maximum Gasteiger partial charge on any atom is 0.0725 e. The minimum Gasteiger partial charge on any atom is -0.391 e. The maximum absolute atomic E-state index is 10.3. The smallest absolute Gasteiger partial charge is 0.0725 e. The lowest BCUT2D eigenvalue weighted by Crippen LogP contribution is -2.58. The van der Waals surface area contributed by atoms with E-state index in [2.05, 4.69) is 42.2 Å². The Balaban J connectivity index is 1.34. The number of nitrogens with one attached hydrogen (secondary N) is 1. The van der Waals surface area contributed by atoms with Gasteiger partial charge in [0.1, 0.15) is 0 Å². The average Bonchev–Trinajstić information content (AvgIpc) is 3.26. The van der Waals surface area contributed by atoms with Crippen LogP contribution in [0.15, 0.2) is 42.6 Å². The van der Waals surface area contributed by atoms with Crippen LogP contribution in [0.1, 0.15) is 44.1 Å². The number of allylic oxidation sites excluding steroid dienone is 1. The van der Waals surface area contributed by atoms with Gasteiger partial charge in [-0.15, -0.1) is 0 Å². The highest BCUT2D eigenvalue weighted by Gasteiger charge is 2.73. The van der Waals surface area contributed by atoms with Crippen LogP contribution in [0.25, 0.3) is 0 Å². The zero-order chi connectivity index (χ0) is 16.1. The first kappa shape index (κ1) is 15.2. The molecule has 0 heterocycles. The molecule has 0 saturated heterocycles. The zero-order valence-corrected chi connectivity index (χ0v) is 13.8. The molecule has 3 fully saturated rings. The van der Waals surface area contributed by atoms with Crippen molar-refractivity contribution in [2.75, 3.05) is 0 Å². The first-order valence-electron chi connectivity index (χ1n) is 9.00. The van der Waals surface area contributed by atoms with Gasteiger partial charge in [0.05, 0.1) is 6.10 Å². The SMILES string of the molecule is C=C(CCc1ccccc1)NC1CCC2(N)C(O)CCC23CC13. The van der Waals surface area contributed by atoms with Gasteiger partial charge in [-0.2, -0.15) is 0 Å². The average molecular weight is 312 g/mol.